The molecule has 2 aromatic rings. The first kappa shape index (κ1) is 15.3. The lowest BCUT2D eigenvalue weighted by Gasteiger charge is -2.10. The van der Waals surface area contributed by atoms with Crippen LogP contribution in [0.25, 0.3) is 0 Å². The summed E-state index contributed by atoms with van der Waals surface area (Å²) in [5.74, 6) is -0.713. The minimum absolute atomic E-state index is 0.339. The second kappa shape index (κ2) is 6.13. The van der Waals surface area contributed by atoms with Gasteiger partial charge < -0.3 is 4.57 Å². The smallest absolute Gasteiger partial charge is 0.286 e. The van der Waals surface area contributed by atoms with Gasteiger partial charge >= 0.3 is 0 Å². The van der Waals surface area contributed by atoms with Crippen molar-refractivity contribution in [2.24, 2.45) is 7.05 Å². The van der Waals surface area contributed by atoms with Crippen LogP contribution in [0.1, 0.15) is 32.0 Å². The molecule has 1 aromatic carbocycles. The molecule has 6 heteroatoms. The van der Waals surface area contributed by atoms with Crippen LogP contribution < -0.4 is 10.9 Å². The van der Waals surface area contributed by atoms with Crippen molar-refractivity contribution in [3.63, 3.8) is 0 Å². The van der Waals surface area contributed by atoms with Crippen molar-refractivity contribution < 1.29 is 9.59 Å². The van der Waals surface area contributed by atoms with Gasteiger partial charge in [-0.3, -0.25) is 20.4 Å². The Morgan fingerprint density at radius 3 is 2.33 bits per heavy atom. The maximum absolute atomic E-state index is 12.1. The molecule has 0 aliphatic rings. The Balaban J connectivity index is 2.04. The summed E-state index contributed by atoms with van der Waals surface area (Å²) in [4.78, 5) is 24.0. The van der Waals surface area contributed by atoms with Crippen LogP contribution in [0.3, 0.4) is 0 Å². The summed E-state index contributed by atoms with van der Waals surface area (Å²) in [5.41, 5.74) is 7.77. The molecule has 0 aliphatic carbocycles. The SMILES string of the molecule is Cc1ccc(C(=O)NNC(=O)c2cc(Br)cn2C)c(C)c1. The highest BCUT2D eigenvalue weighted by molar-refractivity contribution is 9.10. The van der Waals surface area contributed by atoms with Gasteiger partial charge in [0.25, 0.3) is 11.8 Å². The molecule has 0 fully saturated rings. The number of amides is 2. The number of carbonyl (C=O) groups excluding carboxylic acids is 2. The second-order valence-corrected chi connectivity index (χ2v) is 5.80. The van der Waals surface area contributed by atoms with Gasteiger partial charge in [0.2, 0.25) is 0 Å². The van der Waals surface area contributed by atoms with Crippen LogP contribution in [0.4, 0.5) is 0 Å². The van der Waals surface area contributed by atoms with Crippen LogP contribution in [0.15, 0.2) is 34.9 Å². The van der Waals surface area contributed by atoms with E-state index in [0.29, 0.717) is 11.3 Å². The number of hydrogen-bond donors (Lipinski definition) is 2. The summed E-state index contributed by atoms with van der Waals surface area (Å²) in [6.45, 7) is 3.82. The maximum atomic E-state index is 12.1. The first-order valence-corrected chi connectivity index (χ1v) is 7.17. The van der Waals surface area contributed by atoms with E-state index in [4.69, 9.17) is 0 Å². The lowest BCUT2D eigenvalue weighted by atomic mass is 10.1. The summed E-state index contributed by atoms with van der Waals surface area (Å²) < 4.78 is 2.47. The van der Waals surface area contributed by atoms with E-state index in [-0.39, 0.29) is 11.8 Å². The fraction of sp³-hybridized carbons (Fsp3) is 0.200. The highest BCUT2D eigenvalue weighted by atomic mass is 79.9. The summed E-state index contributed by atoms with van der Waals surface area (Å²) in [6.07, 6.45) is 1.76. The van der Waals surface area contributed by atoms with Gasteiger partial charge in [-0.15, -0.1) is 0 Å². The number of nitrogens with zero attached hydrogens (tertiary/aromatic N) is 1. The molecule has 0 aliphatic heterocycles. The van der Waals surface area contributed by atoms with Gasteiger partial charge in [0, 0.05) is 23.3 Å². The predicted octanol–water partition coefficient (Wildman–Crippen LogP) is 2.48. The Bertz CT molecular complexity index is 707. The maximum Gasteiger partial charge on any atom is 0.286 e. The van der Waals surface area contributed by atoms with E-state index in [1.165, 1.54) is 0 Å². The van der Waals surface area contributed by atoms with E-state index in [1.54, 1.807) is 29.9 Å². The number of rotatable bonds is 2. The fourth-order valence-corrected chi connectivity index (χ4v) is 2.59. The zero-order valence-corrected chi connectivity index (χ0v) is 13.6. The Morgan fingerprint density at radius 1 is 1.10 bits per heavy atom. The predicted molar refractivity (Wildman–Crippen MR) is 84.0 cm³/mol. The summed E-state index contributed by atoms with van der Waals surface area (Å²) >= 11 is 3.30. The molecule has 2 amide bonds. The van der Waals surface area contributed by atoms with Gasteiger partial charge in [-0.1, -0.05) is 17.7 Å². The molecular weight excluding hydrogens is 334 g/mol. The Kier molecular flexibility index (Phi) is 4.47. The third-order valence-corrected chi connectivity index (χ3v) is 3.55. The molecular formula is C15H16BrN3O2. The normalized spacial score (nSPS) is 10.3. The molecule has 110 valence electrons. The van der Waals surface area contributed by atoms with Gasteiger partial charge in [-0.25, -0.2) is 0 Å². The summed E-state index contributed by atoms with van der Waals surface area (Å²) in [7, 11) is 1.76. The largest absolute Gasteiger partial charge is 0.345 e. The minimum Gasteiger partial charge on any atom is -0.345 e. The van der Waals surface area contributed by atoms with Crippen molar-refractivity contribution in [1.82, 2.24) is 15.4 Å². The Labute approximate surface area is 131 Å². The standard InChI is InChI=1S/C15H16BrN3O2/c1-9-4-5-12(10(2)6-9)14(20)17-18-15(21)13-7-11(16)8-19(13)3/h4-8H,1-3H3,(H,17,20)(H,18,21). The zero-order valence-electron chi connectivity index (χ0n) is 12.0. The number of hydrogen-bond acceptors (Lipinski definition) is 2. The highest BCUT2D eigenvalue weighted by Crippen LogP contribution is 2.13. The van der Waals surface area contributed by atoms with E-state index in [1.807, 2.05) is 26.0 Å². The molecule has 0 saturated heterocycles. The minimum atomic E-state index is -0.374. The van der Waals surface area contributed by atoms with E-state index < -0.39 is 0 Å². The molecule has 2 rings (SSSR count). The van der Waals surface area contributed by atoms with Crippen LogP contribution in [-0.4, -0.2) is 16.4 Å². The van der Waals surface area contributed by atoms with Crippen molar-refractivity contribution in [1.29, 1.82) is 0 Å². The number of hydrazine groups is 1. The third kappa shape index (κ3) is 3.52. The topological polar surface area (TPSA) is 63.1 Å². The first-order valence-electron chi connectivity index (χ1n) is 6.38. The average Bonchev–Trinajstić information content (AvgIpc) is 2.74. The van der Waals surface area contributed by atoms with Crippen LogP contribution in [-0.2, 0) is 7.05 Å². The molecule has 1 aromatic heterocycles. The molecule has 0 saturated carbocycles. The van der Waals surface area contributed by atoms with Gasteiger partial charge in [-0.2, -0.15) is 0 Å². The molecule has 0 spiro atoms. The van der Waals surface area contributed by atoms with E-state index in [0.717, 1.165) is 15.6 Å². The number of nitrogens with one attached hydrogen (secondary N) is 2. The fourth-order valence-electron chi connectivity index (χ4n) is 2.06. The highest BCUT2D eigenvalue weighted by Gasteiger charge is 2.13. The van der Waals surface area contributed by atoms with Crippen LogP contribution in [0.5, 0.6) is 0 Å². The van der Waals surface area contributed by atoms with Crippen LogP contribution in [0, 0.1) is 13.8 Å². The van der Waals surface area contributed by atoms with E-state index in [9.17, 15) is 9.59 Å². The van der Waals surface area contributed by atoms with Gasteiger partial charge in [0.15, 0.2) is 0 Å². The van der Waals surface area contributed by atoms with Crippen molar-refractivity contribution in [3.8, 4) is 0 Å². The Morgan fingerprint density at radius 2 is 1.76 bits per heavy atom. The lowest BCUT2D eigenvalue weighted by molar-refractivity contribution is 0.0841. The summed E-state index contributed by atoms with van der Waals surface area (Å²) in [5, 5.41) is 0. The number of halogens is 1. The molecule has 1 heterocycles. The Hall–Kier alpha value is -2.08. The van der Waals surface area contributed by atoms with Crippen LogP contribution in [0.2, 0.25) is 0 Å². The summed E-state index contributed by atoms with van der Waals surface area (Å²) in [6, 6.07) is 7.20. The molecule has 21 heavy (non-hydrogen) atoms. The van der Waals surface area contributed by atoms with Crippen LogP contribution >= 0.6 is 15.9 Å². The van der Waals surface area contributed by atoms with Gasteiger partial charge in [0.1, 0.15) is 5.69 Å². The molecule has 0 bridgehead atoms. The molecule has 0 unspecified atom stereocenters. The number of aromatic nitrogens is 1. The zero-order chi connectivity index (χ0) is 15.6. The molecule has 0 radical (unpaired) electrons. The number of aryl methyl sites for hydroxylation is 3. The molecule has 0 atom stereocenters. The molecule has 5 nitrogen and oxygen atoms in total. The second-order valence-electron chi connectivity index (χ2n) is 4.88. The monoisotopic (exact) mass is 349 g/mol. The quantitative estimate of drug-likeness (QED) is 0.818. The third-order valence-electron chi connectivity index (χ3n) is 3.12. The number of carbonyl (C=O) groups is 2. The number of benzene rings is 1. The van der Waals surface area contributed by atoms with Crippen molar-refractivity contribution in [3.05, 3.63) is 57.3 Å². The van der Waals surface area contributed by atoms with Crippen molar-refractivity contribution >= 4 is 27.7 Å². The first-order chi connectivity index (χ1) is 9.88. The van der Waals surface area contributed by atoms with E-state index >= 15 is 0 Å². The van der Waals surface area contributed by atoms with Gasteiger partial charge in [-0.05, 0) is 47.5 Å². The van der Waals surface area contributed by atoms with Crippen molar-refractivity contribution in [2.75, 3.05) is 0 Å². The van der Waals surface area contributed by atoms with Crippen molar-refractivity contribution in [2.45, 2.75) is 13.8 Å². The average molecular weight is 350 g/mol. The lowest BCUT2D eigenvalue weighted by Crippen LogP contribution is -2.42. The molecule has 2 N–H and O–H groups in total. The van der Waals surface area contributed by atoms with E-state index in [2.05, 4.69) is 26.8 Å². The van der Waals surface area contributed by atoms with Gasteiger partial charge in [0.05, 0.1) is 0 Å².